The van der Waals surface area contributed by atoms with E-state index < -0.39 is 22.7 Å². The van der Waals surface area contributed by atoms with Crippen LogP contribution in [-0.4, -0.2) is 47.2 Å². The number of rotatable bonds is 10. The van der Waals surface area contributed by atoms with Gasteiger partial charge in [-0.25, -0.2) is 0 Å². The van der Waals surface area contributed by atoms with Crippen LogP contribution in [0.1, 0.15) is 71.3 Å². The van der Waals surface area contributed by atoms with Gasteiger partial charge >= 0.3 is 0 Å². The summed E-state index contributed by atoms with van der Waals surface area (Å²) in [6, 6.07) is 14.2. The van der Waals surface area contributed by atoms with Gasteiger partial charge in [0.15, 0.2) is 22.7 Å². The Morgan fingerprint density at radius 2 is 1.46 bits per heavy atom. The van der Waals surface area contributed by atoms with Crippen LogP contribution in [0, 0.1) is 0 Å². The van der Waals surface area contributed by atoms with Crippen molar-refractivity contribution in [3.8, 4) is 5.75 Å². The minimum atomic E-state index is -2.23. The molecule has 0 unspecified atom stereocenters. The van der Waals surface area contributed by atoms with Crippen molar-refractivity contribution in [1.29, 1.82) is 0 Å². The van der Waals surface area contributed by atoms with Crippen molar-refractivity contribution in [3.63, 3.8) is 0 Å². The van der Waals surface area contributed by atoms with Crippen molar-refractivity contribution in [2.24, 2.45) is 0 Å². The standard InChI is InChI=1S/C33H51ClO5Si2/c1-12-36-26-16-13-23(14-17-26)19-25-20-24(15-18-28(25)34)30-31(39-41(10,11)33(5,6)7)29(21-27(22-35)37-30)38-40(8,9)32(2,3)4/h13-18,20-21,29-31,35H,12,19,22H2,1-11H3/t29-,30-,31+/m0/s1. The third kappa shape index (κ3) is 8.27. The van der Waals surface area contributed by atoms with Crippen molar-refractivity contribution in [1.82, 2.24) is 0 Å². The number of hydrogen-bond donors (Lipinski definition) is 1. The van der Waals surface area contributed by atoms with E-state index in [4.69, 9.17) is 29.9 Å². The van der Waals surface area contributed by atoms with E-state index in [0.717, 1.165) is 22.4 Å². The van der Waals surface area contributed by atoms with Crippen LogP contribution in [0.15, 0.2) is 54.3 Å². The van der Waals surface area contributed by atoms with Gasteiger partial charge in [-0.05, 0) is 90.6 Å². The van der Waals surface area contributed by atoms with E-state index in [1.165, 1.54) is 0 Å². The Balaban J connectivity index is 2.06. The predicted octanol–water partition coefficient (Wildman–Crippen LogP) is 9.06. The van der Waals surface area contributed by atoms with Crippen LogP contribution < -0.4 is 4.74 Å². The predicted molar refractivity (Wildman–Crippen MR) is 175 cm³/mol. The summed E-state index contributed by atoms with van der Waals surface area (Å²) in [6.45, 7) is 24.9. The van der Waals surface area contributed by atoms with Gasteiger partial charge in [-0.15, -0.1) is 0 Å². The summed E-state index contributed by atoms with van der Waals surface area (Å²) in [5.74, 6) is 1.37. The highest BCUT2D eigenvalue weighted by Crippen LogP contribution is 2.45. The summed E-state index contributed by atoms with van der Waals surface area (Å²) in [5, 5.41) is 10.9. The van der Waals surface area contributed by atoms with Gasteiger partial charge < -0.3 is 23.4 Å². The smallest absolute Gasteiger partial charge is 0.193 e. The van der Waals surface area contributed by atoms with Gasteiger partial charge in [0.2, 0.25) is 0 Å². The average molecular weight is 619 g/mol. The molecule has 1 aliphatic heterocycles. The normalized spacial score (nSPS) is 20.4. The van der Waals surface area contributed by atoms with E-state index in [2.05, 4.69) is 85.9 Å². The summed E-state index contributed by atoms with van der Waals surface area (Å²) < 4.78 is 26.2. The van der Waals surface area contributed by atoms with Gasteiger partial charge in [0, 0.05) is 5.02 Å². The van der Waals surface area contributed by atoms with Gasteiger partial charge in [0.25, 0.3) is 0 Å². The van der Waals surface area contributed by atoms with Gasteiger partial charge in [-0.3, -0.25) is 0 Å². The summed E-state index contributed by atoms with van der Waals surface area (Å²) >= 11 is 6.73. The molecular formula is C33H51ClO5Si2. The lowest BCUT2D eigenvalue weighted by Crippen LogP contribution is -2.54. The fourth-order valence-corrected chi connectivity index (χ4v) is 7.04. The molecule has 0 bridgehead atoms. The molecule has 0 saturated carbocycles. The fourth-order valence-electron chi connectivity index (χ4n) is 4.33. The highest BCUT2D eigenvalue weighted by Gasteiger charge is 2.48. The maximum absolute atomic E-state index is 10.2. The van der Waals surface area contributed by atoms with E-state index in [0.29, 0.717) is 23.8 Å². The van der Waals surface area contributed by atoms with Crippen molar-refractivity contribution in [3.05, 3.63) is 76.0 Å². The topological polar surface area (TPSA) is 57.2 Å². The molecule has 2 aromatic carbocycles. The number of benzene rings is 2. The van der Waals surface area contributed by atoms with Gasteiger partial charge in [0.1, 0.15) is 24.2 Å². The zero-order valence-electron chi connectivity index (χ0n) is 26.9. The number of hydrogen-bond acceptors (Lipinski definition) is 5. The molecule has 0 saturated heterocycles. The average Bonchev–Trinajstić information content (AvgIpc) is 2.86. The minimum absolute atomic E-state index is 0.00114. The lowest BCUT2D eigenvalue weighted by molar-refractivity contribution is -0.0697. The van der Waals surface area contributed by atoms with E-state index in [9.17, 15) is 5.11 Å². The third-order valence-electron chi connectivity index (χ3n) is 8.91. The number of halogens is 1. The van der Waals surface area contributed by atoms with Crippen LogP contribution in [-0.2, 0) is 20.0 Å². The Hall–Kier alpha value is -1.62. The maximum atomic E-state index is 10.2. The molecule has 0 amide bonds. The SMILES string of the molecule is CCOc1ccc(Cc2cc([C@@H]3OC(CO)=C[C@H](O[Si](C)(C)C(C)(C)C)[C@H]3O[Si](C)(C)C(C)(C)C)ccc2Cl)cc1. The molecule has 0 radical (unpaired) electrons. The molecule has 1 aliphatic rings. The molecule has 41 heavy (non-hydrogen) atoms. The van der Waals surface area contributed by atoms with Crippen LogP contribution in [0.2, 0.25) is 41.3 Å². The van der Waals surface area contributed by atoms with E-state index >= 15 is 0 Å². The molecule has 5 nitrogen and oxygen atoms in total. The first-order chi connectivity index (χ1) is 18.9. The van der Waals surface area contributed by atoms with Gasteiger partial charge in [-0.2, -0.15) is 0 Å². The lowest BCUT2D eigenvalue weighted by atomic mass is 9.94. The first kappa shape index (κ1) is 33.9. The number of aliphatic hydroxyl groups is 1. The molecule has 0 aromatic heterocycles. The number of ether oxygens (including phenoxy) is 2. The third-order valence-corrected chi connectivity index (χ3v) is 18.2. The van der Waals surface area contributed by atoms with E-state index in [1.807, 2.05) is 37.3 Å². The van der Waals surface area contributed by atoms with Crippen molar-refractivity contribution in [2.45, 2.75) is 109 Å². The summed E-state index contributed by atoms with van der Waals surface area (Å²) in [5.41, 5.74) is 3.10. The summed E-state index contributed by atoms with van der Waals surface area (Å²) in [4.78, 5) is 0. The Labute approximate surface area is 255 Å². The van der Waals surface area contributed by atoms with Crippen molar-refractivity contribution >= 4 is 28.2 Å². The molecule has 2 aromatic rings. The molecule has 228 valence electrons. The molecule has 0 aliphatic carbocycles. The highest BCUT2D eigenvalue weighted by atomic mass is 35.5. The second kappa shape index (κ2) is 12.9. The zero-order valence-corrected chi connectivity index (χ0v) is 29.7. The van der Waals surface area contributed by atoms with Crippen molar-refractivity contribution < 1.29 is 23.4 Å². The largest absolute Gasteiger partial charge is 0.494 e. The Bertz CT molecular complexity index is 1200. The molecule has 8 heteroatoms. The van der Waals surface area contributed by atoms with Gasteiger partial charge in [-0.1, -0.05) is 77.4 Å². The Morgan fingerprint density at radius 1 is 0.878 bits per heavy atom. The highest BCUT2D eigenvalue weighted by molar-refractivity contribution is 6.74. The quantitative estimate of drug-likeness (QED) is 0.269. The monoisotopic (exact) mass is 618 g/mol. The first-order valence-electron chi connectivity index (χ1n) is 14.7. The molecule has 3 atom stereocenters. The maximum Gasteiger partial charge on any atom is 0.193 e. The molecule has 1 heterocycles. The van der Waals surface area contributed by atoms with E-state index in [-0.39, 0.29) is 28.9 Å². The molecular weight excluding hydrogens is 568 g/mol. The first-order valence-corrected chi connectivity index (χ1v) is 20.9. The molecule has 1 N–H and O–H groups in total. The second-order valence-corrected chi connectivity index (χ2v) is 24.0. The summed E-state index contributed by atoms with van der Waals surface area (Å²) in [6.07, 6.45) is 1.43. The van der Waals surface area contributed by atoms with Crippen LogP contribution in [0.5, 0.6) is 5.75 Å². The van der Waals surface area contributed by atoms with E-state index in [1.54, 1.807) is 0 Å². The second-order valence-electron chi connectivity index (χ2n) is 14.1. The van der Waals surface area contributed by atoms with Gasteiger partial charge in [0.05, 0.1) is 12.7 Å². The van der Waals surface area contributed by atoms with Crippen molar-refractivity contribution in [2.75, 3.05) is 13.2 Å². The summed E-state index contributed by atoms with van der Waals surface area (Å²) in [7, 11) is -4.42. The zero-order chi connectivity index (χ0) is 30.8. The molecule has 0 fully saturated rings. The Morgan fingerprint density at radius 3 is 2.00 bits per heavy atom. The number of aliphatic hydroxyl groups excluding tert-OH is 1. The minimum Gasteiger partial charge on any atom is -0.494 e. The van der Waals surface area contributed by atoms with Crippen LogP contribution in [0.25, 0.3) is 0 Å². The Kier molecular flexibility index (Phi) is 10.7. The molecule has 3 rings (SSSR count). The fraction of sp³-hybridized carbons (Fsp3) is 0.576. The lowest BCUT2D eigenvalue weighted by Gasteiger charge is -2.48. The van der Waals surface area contributed by atoms with Crippen LogP contribution in [0.4, 0.5) is 0 Å². The van der Waals surface area contributed by atoms with Crippen LogP contribution >= 0.6 is 11.6 Å². The molecule has 0 spiro atoms. The van der Waals surface area contributed by atoms with Crippen LogP contribution in [0.3, 0.4) is 0 Å².